The smallest absolute Gasteiger partial charge is 0.241 e. The van der Waals surface area contributed by atoms with Crippen molar-refractivity contribution >= 4 is 44.4 Å². The van der Waals surface area contributed by atoms with Gasteiger partial charge in [-0.05, 0) is 22.0 Å². The number of hydrogen-bond donors (Lipinski definition) is 3. The largest absolute Gasteiger partial charge is 0.368 e. The number of fused-ring (bicyclic) bond motifs is 4. The Morgan fingerprint density at radius 2 is 2.20 bits per heavy atom. The van der Waals surface area contributed by atoms with Crippen LogP contribution in [0.1, 0.15) is 5.56 Å². The highest BCUT2D eigenvalue weighted by atomic mass is 79.9. The molecule has 10 heteroatoms. The number of anilines is 1. The van der Waals surface area contributed by atoms with Crippen molar-refractivity contribution in [3.8, 4) is 0 Å². The number of nitrogens with two attached hydrogens (primary N) is 2. The quantitative estimate of drug-likeness (QED) is 0.272. The number of aromatic nitrogens is 1. The van der Waals surface area contributed by atoms with E-state index in [1.165, 1.54) is 6.07 Å². The first-order valence-corrected chi connectivity index (χ1v) is 8.28. The Kier molecular flexibility index (Phi) is 3.38. The zero-order chi connectivity index (χ0) is 17.9. The van der Waals surface area contributed by atoms with E-state index in [9.17, 15) is 9.18 Å². The van der Waals surface area contributed by atoms with Crippen LogP contribution in [0.3, 0.4) is 0 Å². The lowest BCUT2D eigenvalue weighted by Gasteiger charge is -2.47. The molecule has 1 saturated heterocycles. The molecule has 2 aliphatic heterocycles. The summed E-state index contributed by atoms with van der Waals surface area (Å²) in [5.74, 6) is 4.93. The molecule has 0 radical (unpaired) electrons. The van der Waals surface area contributed by atoms with Crippen molar-refractivity contribution in [3.63, 3.8) is 0 Å². The van der Waals surface area contributed by atoms with Crippen molar-refractivity contribution in [1.82, 2.24) is 15.4 Å². The molecule has 1 amide bonds. The van der Waals surface area contributed by atoms with E-state index in [1.54, 1.807) is 29.1 Å². The summed E-state index contributed by atoms with van der Waals surface area (Å²) in [6.07, 6.45) is 1.61. The van der Waals surface area contributed by atoms with Crippen LogP contribution in [-0.4, -0.2) is 41.9 Å². The lowest BCUT2D eigenvalue weighted by atomic mass is 9.73. The maximum absolute atomic E-state index is 13.9. The van der Waals surface area contributed by atoms with Gasteiger partial charge in [0, 0.05) is 37.2 Å². The van der Waals surface area contributed by atoms with Crippen molar-refractivity contribution in [2.24, 2.45) is 16.7 Å². The second-order valence-electron chi connectivity index (χ2n) is 6.20. The Labute approximate surface area is 150 Å². The highest BCUT2D eigenvalue weighted by molar-refractivity contribution is 9.10. The zero-order valence-electron chi connectivity index (χ0n) is 13.3. The molecule has 0 saturated carbocycles. The number of benzene rings is 1. The Morgan fingerprint density at radius 3 is 2.88 bits per heavy atom. The maximum atomic E-state index is 13.9. The van der Waals surface area contributed by atoms with Gasteiger partial charge < -0.3 is 15.5 Å². The number of hydrazone groups is 1. The Balaban J connectivity index is 1.88. The molecule has 130 valence electrons. The molecular weight excluding hydrogens is 393 g/mol. The van der Waals surface area contributed by atoms with Crippen LogP contribution in [-0.2, 0) is 10.2 Å². The SMILES string of the molecule is CN1C(=O)C2(CN(/C(N)=N/NN)C2)c2c1cnc1cc(F)c(Br)cc21. The molecule has 0 aliphatic carbocycles. The van der Waals surface area contributed by atoms with Crippen molar-refractivity contribution in [2.45, 2.75) is 5.41 Å². The van der Waals surface area contributed by atoms with Gasteiger partial charge in [-0.2, -0.15) is 0 Å². The molecule has 8 nitrogen and oxygen atoms in total. The lowest BCUT2D eigenvalue weighted by Crippen LogP contribution is -2.66. The second kappa shape index (κ2) is 5.27. The molecule has 0 unspecified atom stereocenters. The van der Waals surface area contributed by atoms with Gasteiger partial charge in [-0.25, -0.2) is 15.8 Å². The molecule has 5 N–H and O–H groups in total. The van der Waals surface area contributed by atoms with E-state index >= 15 is 0 Å². The molecule has 25 heavy (non-hydrogen) atoms. The lowest BCUT2D eigenvalue weighted by molar-refractivity contribution is -0.127. The van der Waals surface area contributed by atoms with Crippen LogP contribution in [0.5, 0.6) is 0 Å². The zero-order valence-corrected chi connectivity index (χ0v) is 14.8. The van der Waals surface area contributed by atoms with E-state index in [2.05, 4.69) is 31.6 Å². The number of amides is 1. The number of carbonyl (C=O) groups is 1. The molecule has 2 aliphatic rings. The van der Waals surface area contributed by atoms with Crippen LogP contribution in [0.25, 0.3) is 10.9 Å². The summed E-state index contributed by atoms with van der Waals surface area (Å²) in [4.78, 5) is 20.6. The number of nitrogens with zero attached hydrogens (tertiary/aromatic N) is 4. The molecule has 0 atom stereocenters. The minimum absolute atomic E-state index is 0.0398. The second-order valence-corrected chi connectivity index (χ2v) is 7.06. The molecule has 1 aromatic heterocycles. The fourth-order valence-corrected chi connectivity index (χ4v) is 4.01. The van der Waals surface area contributed by atoms with Crippen LogP contribution in [0.15, 0.2) is 27.9 Å². The van der Waals surface area contributed by atoms with E-state index in [0.29, 0.717) is 23.1 Å². The average Bonchev–Trinajstić information content (AvgIpc) is 2.76. The van der Waals surface area contributed by atoms with Gasteiger partial charge in [-0.1, -0.05) is 0 Å². The van der Waals surface area contributed by atoms with Crippen LogP contribution in [0.4, 0.5) is 10.1 Å². The predicted molar refractivity (Wildman–Crippen MR) is 95.0 cm³/mol. The fraction of sp³-hybridized carbons (Fsp3) is 0.267. The number of rotatable bonds is 1. The Bertz CT molecular complexity index is 941. The number of pyridine rings is 1. The summed E-state index contributed by atoms with van der Waals surface area (Å²) in [5, 5.41) is 4.49. The highest BCUT2D eigenvalue weighted by Gasteiger charge is 2.58. The number of nitrogens with one attached hydrogen (secondary N) is 1. The Morgan fingerprint density at radius 1 is 1.48 bits per heavy atom. The van der Waals surface area contributed by atoms with Gasteiger partial charge in [0.1, 0.15) is 11.2 Å². The molecule has 0 bridgehead atoms. The summed E-state index contributed by atoms with van der Waals surface area (Å²) in [6.45, 7) is 0.739. The first-order valence-electron chi connectivity index (χ1n) is 7.49. The predicted octanol–water partition coefficient (Wildman–Crippen LogP) is 0.359. The van der Waals surface area contributed by atoms with E-state index < -0.39 is 11.2 Å². The number of likely N-dealkylation sites (N-methyl/N-ethyl adjacent to an activating group) is 1. The minimum atomic E-state index is -0.753. The molecule has 2 aromatic rings. The molecule has 4 rings (SSSR count). The number of guanidine groups is 1. The van der Waals surface area contributed by atoms with Crippen molar-refractivity contribution < 1.29 is 9.18 Å². The highest BCUT2D eigenvalue weighted by Crippen LogP contribution is 2.49. The number of halogens is 2. The number of hydrogen-bond acceptors (Lipinski definition) is 5. The average molecular weight is 408 g/mol. The summed E-state index contributed by atoms with van der Waals surface area (Å²) in [7, 11) is 1.71. The molecule has 1 fully saturated rings. The maximum Gasteiger partial charge on any atom is 0.241 e. The topological polar surface area (TPSA) is 113 Å². The normalized spacial score (nSPS) is 18.7. The van der Waals surface area contributed by atoms with E-state index in [4.69, 9.17) is 11.6 Å². The van der Waals surface area contributed by atoms with Gasteiger partial charge in [0.05, 0.1) is 21.9 Å². The number of likely N-dealkylation sites (tertiary alicyclic amines) is 1. The summed E-state index contributed by atoms with van der Waals surface area (Å²) >= 11 is 3.22. The van der Waals surface area contributed by atoms with E-state index in [-0.39, 0.29) is 11.9 Å². The molecular formula is C15H15BrFN7O. The third-order valence-electron chi connectivity index (χ3n) is 4.87. The first-order chi connectivity index (χ1) is 11.9. The summed E-state index contributed by atoms with van der Waals surface area (Å²) < 4.78 is 14.2. The van der Waals surface area contributed by atoms with Crippen LogP contribution in [0.2, 0.25) is 0 Å². The van der Waals surface area contributed by atoms with Crippen molar-refractivity contribution in [1.29, 1.82) is 0 Å². The third-order valence-corrected chi connectivity index (χ3v) is 5.48. The number of hydrazine groups is 1. The Hall–Kier alpha value is -2.46. The van der Waals surface area contributed by atoms with Gasteiger partial charge in [-0.15, -0.1) is 5.10 Å². The standard InChI is InChI=1S/C15H15BrFN7O/c1-23-11-4-20-10-3-9(17)8(16)2-7(10)12(11)15(13(23)25)5-24(6-15)14(18)21-22-19/h2-4,22H,5-6,19H2,1H3,(H2,18,21). The number of carbonyl (C=O) groups excluding carboxylic acids is 1. The summed E-state index contributed by atoms with van der Waals surface area (Å²) in [5.41, 5.74) is 9.30. The fourth-order valence-electron chi connectivity index (χ4n) is 3.67. The molecule has 1 aromatic carbocycles. The van der Waals surface area contributed by atoms with Crippen LogP contribution in [0, 0.1) is 5.82 Å². The van der Waals surface area contributed by atoms with Crippen molar-refractivity contribution in [3.05, 3.63) is 34.2 Å². The van der Waals surface area contributed by atoms with Gasteiger partial charge in [-0.3, -0.25) is 9.78 Å². The first kappa shape index (κ1) is 16.0. The third kappa shape index (κ3) is 2.04. The monoisotopic (exact) mass is 407 g/mol. The van der Waals surface area contributed by atoms with E-state index in [0.717, 1.165) is 16.6 Å². The van der Waals surface area contributed by atoms with Gasteiger partial charge >= 0.3 is 0 Å². The minimum Gasteiger partial charge on any atom is -0.368 e. The van der Waals surface area contributed by atoms with E-state index in [1.807, 2.05) is 0 Å². The van der Waals surface area contributed by atoms with Crippen LogP contribution >= 0.6 is 15.9 Å². The molecule has 3 heterocycles. The van der Waals surface area contributed by atoms with Crippen molar-refractivity contribution in [2.75, 3.05) is 25.0 Å². The van der Waals surface area contributed by atoms with Crippen LogP contribution < -0.4 is 22.0 Å². The molecule has 1 spiro atoms. The van der Waals surface area contributed by atoms with Gasteiger partial charge in [0.15, 0.2) is 0 Å². The van der Waals surface area contributed by atoms with Gasteiger partial charge in [0.2, 0.25) is 11.9 Å². The summed E-state index contributed by atoms with van der Waals surface area (Å²) in [6, 6.07) is 3.03. The van der Waals surface area contributed by atoms with Gasteiger partial charge in [0.25, 0.3) is 0 Å².